The monoisotopic (exact) mass is 313 g/mol. The van der Waals surface area contributed by atoms with Crippen molar-refractivity contribution < 1.29 is 9.90 Å². The average Bonchev–Trinajstić information content (AvgIpc) is 3.13. The Labute approximate surface area is 136 Å². The Hall–Kier alpha value is -2.11. The van der Waals surface area contributed by atoms with Crippen LogP contribution in [0.15, 0.2) is 36.4 Å². The number of H-pyrrole nitrogens is 1. The standard InChI is InChI=1S/C18H23N3O2/c1-21(2)17(22)16-8-7-14(20-16)11-19-12-18(23)10-9-13-5-3-4-6-15(13)18/h3-8,19-20,23H,9-12H2,1-2H3. The number of hydrogen-bond acceptors (Lipinski definition) is 3. The molecule has 0 fully saturated rings. The van der Waals surface area contributed by atoms with Gasteiger partial charge in [0.2, 0.25) is 0 Å². The molecule has 0 spiro atoms. The van der Waals surface area contributed by atoms with E-state index in [1.54, 1.807) is 25.1 Å². The highest BCUT2D eigenvalue weighted by Crippen LogP contribution is 2.36. The van der Waals surface area contributed by atoms with Gasteiger partial charge in [-0.25, -0.2) is 0 Å². The lowest BCUT2D eigenvalue weighted by Gasteiger charge is -2.24. The molecule has 5 heteroatoms. The smallest absolute Gasteiger partial charge is 0.269 e. The summed E-state index contributed by atoms with van der Waals surface area (Å²) in [5.74, 6) is -0.0420. The van der Waals surface area contributed by atoms with Crippen molar-refractivity contribution in [3.8, 4) is 0 Å². The molecule has 1 atom stereocenters. The van der Waals surface area contributed by atoms with Crippen LogP contribution in [0.4, 0.5) is 0 Å². The summed E-state index contributed by atoms with van der Waals surface area (Å²) in [6.07, 6.45) is 1.66. The van der Waals surface area contributed by atoms with Crippen LogP contribution in [0.2, 0.25) is 0 Å². The number of aryl methyl sites for hydroxylation is 1. The lowest BCUT2D eigenvalue weighted by Crippen LogP contribution is -2.36. The molecule has 1 heterocycles. The maximum atomic E-state index is 11.9. The lowest BCUT2D eigenvalue weighted by molar-refractivity contribution is 0.0384. The zero-order valence-electron chi connectivity index (χ0n) is 13.6. The van der Waals surface area contributed by atoms with Crippen LogP contribution in [0.3, 0.4) is 0 Å². The summed E-state index contributed by atoms with van der Waals surface area (Å²) in [7, 11) is 3.46. The third-order valence-electron chi connectivity index (χ3n) is 4.44. The zero-order valence-corrected chi connectivity index (χ0v) is 13.6. The molecule has 23 heavy (non-hydrogen) atoms. The fourth-order valence-corrected chi connectivity index (χ4v) is 3.17. The normalized spacial score (nSPS) is 19.6. The van der Waals surface area contributed by atoms with Crippen molar-refractivity contribution in [2.75, 3.05) is 20.6 Å². The van der Waals surface area contributed by atoms with Crippen molar-refractivity contribution in [1.82, 2.24) is 15.2 Å². The molecule has 2 aromatic rings. The van der Waals surface area contributed by atoms with E-state index in [4.69, 9.17) is 0 Å². The fraction of sp³-hybridized carbons (Fsp3) is 0.389. The van der Waals surface area contributed by atoms with Crippen molar-refractivity contribution >= 4 is 5.91 Å². The van der Waals surface area contributed by atoms with E-state index in [0.717, 1.165) is 24.1 Å². The van der Waals surface area contributed by atoms with Crippen LogP contribution < -0.4 is 5.32 Å². The van der Waals surface area contributed by atoms with Crippen molar-refractivity contribution in [2.45, 2.75) is 25.0 Å². The quantitative estimate of drug-likeness (QED) is 0.786. The number of amides is 1. The number of nitrogens with zero attached hydrogens (tertiary/aromatic N) is 1. The molecule has 5 nitrogen and oxygen atoms in total. The van der Waals surface area contributed by atoms with Gasteiger partial charge in [0, 0.05) is 32.9 Å². The second-order valence-corrected chi connectivity index (χ2v) is 6.39. The molecule has 1 unspecified atom stereocenters. The minimum atomic E-state index is -0.800. The number of rotatable bonds is 5. The van der Waals surface area contributed by atoms with E-state index in [0.29, 0.717) is 18.8 Å². The van der Waals surface area contributed by atoms with Crippen molar-refractivity contribution in [2.24, 2.45) is 0 Å². The van der Waals surface area contributed by atoms with E-state index < -0.39 is 5.60 Å². The third kappa shape index (κ3) is 3.16. The van der Waals surface area contributed by atoms with Crippen molar-refractivity contribution in [1.29, 1.82) is 0 Å². The van der Waals surface area contributed by atoms with E-state index in [1.807, 2.05) is 24.3 Å². The number of carbonyl (C=O) groups excluding carboxylic acids is 1. The van der Waals surface area contributed by atoms with Crippen molar-refractivity contribution in [3.05, 3.63) is 58.9 Å². The molecule has 1 amide bonds. The summed E-state index contributed by atoms with van der Waals surface area (Å²) >= 11 is 0. The number of aromatic nitrogens is 1. The first-order valence-corrected chi connectivity index (χ1v) is 7.91. The molecular formula is C18H23N3O2. The average molecular weight is 313 g/mol. The molecule has 0 radical (unpaired) electrons. The molecule has 1 aromatic carbocycles. The maximum Gasteiger partial charge on any atom is 0.269 e. The largest absolute Gasteiger partial charge is 0.384 e. The van der Waals surface area contributed by atoms with E-state index in [1.165, 1.54) is 5.56 Å². The molecule has 3 N–H and O–H groups in total. The Morgan fingerprint density at radius 2 is 2.09 bits per heavy atom. The molecule has 0 saturated heterocycles. The highest BCUT2D eigenvalue weighted by Gasteiger charge is 2.35. The van der Waals surface area contributed by atoms with E-state index in [2.05, 4.69) is 16.4 Å². The molecular weight excluding hydrogens is 290 g/mol. The van der Waals surface area contributed by atoms with Crippen LogP contribution in [0.1, 0.15) is 33.7 Å². The number of nitrogens with one attached hydrogen (secondary N) is 2. The van der Waals surface area contributed by atoms with Gasteiger partial charge in [-0.15, -0.1) is 0 Å². The van der Waals surface area contributed by atoms with Gasteiger partial charge in [-0.3, -0.25) is 4.79 Å². The Morgan fingerprint density at radius 3 is 2.87 bits per heavy atom. The van der Waals surface area contributed by atoms with Crippen LogP contribution >= 0.6 is 0 Å². The third-order valence-corrected chi connectivity index (χ3v) is 4.44. The number of aliphatic hydroxyl groups is 1. The Bertz CT molecular complexity index is 708. The Morgan fingerprint density at radius 1 is 1.30 bits per heavy atom. The minimum Gasteiger partial charge on any atom is -0.384 e. The van der Waals surface area contributed by atoms with Crippen LogP contribution in [0, 0.1) is 0 Å². The molecule has 122 valence electrons. The van der Waals surface area contributed by atoms with Gasteiger partial charge in [0.15, 0.2) is 0 Å². The first-order chi connectivity index (χ1) is 11.0. The van der Waals surface area contributed by atoms with Gasteiger partial charge in [0.1, 0.15) is 11.3 Å². The van der Waals surface area contributed by atoms with E-state index in [-0.39, 0.29) is 5.91 Å². The summed E-state index contributed by atoms with van der Waals surface area (Å²) in [4.78, 5) is 16.5. The molecule has 1 aliphatic rings. The number of benzene rings is 1. The van der Waals surface area contributed by atoms with Crippen LogP contribution in [-0.4, -0.2) is 41.5 Å². The van der Waals surface area contributed by atoms with E-state index >= 15 is 0 Å². The minimum absolute atomic E-state index is 0.0420. The van der Waals surface area contributed by atoms with Crippen molar-refractivity contribution in [3.63, 3.8) is 0 Å². The highest BCUT2D eigenvalue weighted by molar-refractivity contribution is 5.92. The predicted molar refractivity (Wildman–Crippen MR) is 89.2 cm³/mol. The van der Waals surface area contributed by atoms with Gasteiger partial charge < -0.3 is 20.3 Å². The molecule has 1 aromatic heterocycles. The second-order valence-electron chi connectivity index (χ2n) is 6.39. The molecule has 0 aliphatic heterocycles. The SMILES string of the molecule is CN(C)C(=O)c1ccc(CNCC2(O)CCc3ccccc32)[nH]1. The number of fused-ring (bicyclic) bond motifs is 1. The molecule has 0 saturated carbocycles. The summed E-state index contributed by atoms with van der Waals surface area (Å²) in [5.41, 5.74) is 2.98. The Balaban J connectivity index is 1.59. The first kappa shape index (κ1) is 15.8. The zero-order chi connectivity index (χ0) is 16.4. The van der Waals surface area contributed by atoms with Crippen LogP contribution in [-0.2, 0) is 18.6 Å². The molecule has 0 bridgehead atoms. The lowest BCUT2D eigenvalue weighted by atomic mass is 9.96. The highest BCUT2D eigenvalue weighted by atomic mass is 16.3. The Kier molecular flexibility index (Phi) is 4.24. The molecule has 1 aliphatic carbocycles. The molecule has 3 rings (SSSR count). The van der Waals surface area contributed by atoms with Gasteiger partial charge in [-0.2, -0.15) is 0 Å². The summed E-state index contributed by atoms with van der Waals surface area (Å²) < 4.78 is 0. The first-order valence-electron chi connectivity index (χ1n) is 7.91. The van der Waals surface area contributed by atoms with Gasteiger partial charge in [-0.1, -0.05) is 24.3 Å². The van der Waals surface area contributed by atoms with E-state index in [9.17, 15) is 9.90 Å². The van der Waals surface area contributed by atoms with Gasteiger partial charge in [-0.05, 0) is 36.1 Å². The van der Waals surface area contributed by atoms with Gasteiger partial charge >= 0.3 is 0 Å². The predicted octanol–water partition coefficient (Wildman–Crippen LogP) is 1.64. The van der Waals surface area contributed by atoms with Crippen LogP contribution in [0.25, 0.3) is 0 Å². The number of hydrogen-bond donors (Lipinski definition) is 3. The fourth-order valence-electron chi connectivity index (χ4n) is 3.17. The van der Waals surface area contributed by atoms with Crippen LogP contribution in [0.5, 0.6) is 0 Å². The number of carbonyl (C=O) groups is 1. The number of aromatic amines is 1. The summed E-state index contributed by atoms with van der Waals surface area (Å²) in [6, 6.07) is 11.8. The van der Waals surface area contributed by atoms with Gasteiger partial charge in [0.25, 0.3) is 5.91 Å². The second kappa shape index (κ2) is 6.18. The summed E-state index contributed by atoms with van der Waals surface area (Å²) in [6.45, 7) is 1.09. The summed E-state index contributed by atoms with van der Waals surface area (Å²) in [5, 5.41) is 14.2. The topological polar surface area (TPSA) is 68.4 Å². The maximum absolute atomic E-state index is 11.9. The van der Waals surface area contributed by atoms with Gasteiger partial charge in [0.05, 0.1) is 0 Å².